The summed E-state index contributed by atoms with van der Waals surface area (Å²) in [5.41, 5.74) is 1.42. The van der Waals surface area contributed by atoms with Crippen LogP contribution in [0.2, 0.25) is 0 Å². The average molecular weight is 189 g/mol. The summed E-state index contributed by atoms with van der Waals surface area (Å²) in [6, 6.07) is -0.679. The number of hydrogen-bond donors (Lipinski definition) is 1. The first kappa shape index (κ1) is 10.6. The summed E-state index contributed by atoms with van der Waals surface area (Å²) in [5.74, 6) is 0. The Hall–Kier alpha value is -0.440. The monoisotopic (exact) mass is 189 g/mol. The predicted octanol–water partition coefficient (Wildman–Crippen LogP) is 2.73. The molecule has 0 fully saturated rings. The lowest BCUT2D eigenvalue weighted by atomic mass is 10.1. The van der Waals surface area contributed by atoms with Gasteiger partial charge in [0.15, 0.2) is 0 Å². The molecule has 1 N–H and O–H groups in total. The van der Waals surface area contributed by atoms with Gasteiger partial charge in [-0.2, -0.15) is 0 Å². The number of rotatable bonds is 5. The lowest BCUT2D eigenvalue weighted by Gasteiger charge is -2.12. The molecule has 0 aromatic carbocycles. The maximum atomic E-state index is 12.1. The first-order chi connectivity index (χ1) is 6.20. The maximum Gasteiger partial charge on any atom is 0.253 e. The molecular formula is C10H17F2N. The second kappa shape index (κ2) is 5.32. The molecule has 3 heteroatoms. The zero-order chi connectivity index (χ0) is 9.68. The van der Waals surface area contributed by atoms with Gasteiger partial charge in [-0.15, -0.1) is 0 Å². The van der Waals surface area contributed by atoms with Crippen LogP contribution in [0, 0.1) is 0 Å². The molecule has 1 aliphatic rings. The third-order valence-corrected chi connectivity index (χ3v) is 2.43. The van der Waals surface area contributed by atoms with Crippen LogP contribution in [0.15, 0.2) is 11.6 Å². The van der Waals surface area contributed by atoms with Gasteiger partial charge in [-0.1, -0.05) is 11.6 Å². The largest absolute Gasteiger partial charge is 0.309 e. The summed E-state index contributed by atoms with van der Waals surface area (Å²) < 4.78 is 24.1. The van der Waals surface area contributed by atoms with Crippen molar-refractivity contribution in [2.24, 2.45) is 0 Å². The van der Waals surface area contributed by atoms with Crippen LogP contribution in [-0.2, 0) is 0 Å². The molecule has 0 aromatic heterocycles. The van der Waals surface area contributed by atoms with Gasteiger partial charge in [-0.05, 0) is 39.2 Å². The van der Waals surface area contributed by atoms with Gasteiger partial charge in [0, 0.05) is 0 Å². The molecule has 1 unspecified atom stereocenters. The van der Waals surface area contributed by atoms with Crippen molar-refractivity contribution in [1.82, 2.24) is 5.32 Å². The molecule has 1 atom stereocenters. The molecule has 0 aromatic rings. The van der Waals surface area contributed by atoms with E-state index in [1.807, 2.05) is 0 Å². The minimum absolute atomic E-state index is 0.678. The molecule has 0 saturated carbocycles. The Morgan fingerprint density at radius 3 is 2.85 bits per heavy atom. The van der Waals surface area contributed by atoms with Crippen LogP contribution >= 0.6 is 0 Å². The molecule has 1 nitrogen and oxygen atoms in total. The molecule has 0 radical (unpaired) electrons. The van der Waals surface area contributed by atoms with E-state index in [0.29, 0.717) is 6.54 Å². The number of halogens is 2. The second-order valence-corrected chi connectivity index (χ2v) is 3.58. The van der Waals surface area contributed by atoms with Crippen LogP contribution < -0.4 is 5.32 Å². The summed E-state index contributed by atoms with van der Waals surface area (Å²) in [6.45, 7) is 2.20. The average Bonchev–Trinajstić information content (AvgIpc) is 2.56. The van der Waals surface area contributed by atoms with Gasteiger partial charge < -0.3 is 5.32 Å². The molecule has 0 bridgehead atoms. The second-order valence-electron chi connectivity index (χ2n) is 3.58. The van der Waals surface area contributed by atoms with Crippen molar-refractivity contribution in [2.75, 3.05) is 6.54 Å². The van der Waals surface area contributed by atoms with Gasteiger partial charge in [0.2, 0.25) is 0 Å². The molecule has 13 heavy (non-hydrogen) atoms. The van der Waals surface area contributed by atoms with Gasteiger partial charge in [-0.25, -0.2) is 8.78 Å². The fourth-order valence-corrected chi connectivity index (χ4v) is 1.51. The minimum atomic E-state index is -2.25. The van der Waals surface area contributed by atoms with E-state index < -0.39 is 12.5 Å². The number of alkyl halides is 2. The SMILES string of the molecule is CC(NCCC1=CCCC1)C(F)F. The van der Waals surface area contributed by atoms with E-state index in [0.717, 1.165) is 12.8 Å². The van der Waals surface area contributed by atoms with E-state index in [-0.39, 0.29) is 0 Å². The molecule has 0 aliphatic heterocycles. The normalized spacial score (nSPS) is 19.2. The highest BCUT2D eigenvalue weighted by molar-refractivity contribution is 5.07. The van der Waals surface area contributed by atoms with Crippen molar-refractivity contribution in [1.29, 1.82) is 0 Å². The lowest BCUT2D eigenvalue weighted by Crippen LogP contribution is -2.33. The van der Waals surface area contributed by atoms with Crippen molar-refractivity contribution in [2.45, 2.75) is 45.1 Å². The Kier molecular flexibility index (Phi) is 4.36. The predicted molar refractivity (Wildman–Crippen MR) is 50.0 cm³/mol. The van der Waals surface area contributed by atoms with Crippen LogP contribution in [-0.4, -0.2) is 19.0 Å². The third-order valence-electron chi connectivity index (χ3n) is 2.43. The minimum Gasteiger partial charge on any atom is -0.309 e. The lowest BCUT2D eigenvalue weighted by molar-refractivity contribution is 0.106. The van der Waals surface area contributed by atoms with Gasteiger partial charge >= 0.3 is 0 Å². The van der Waals surface area contributed by atoms with E-state index >= 15 is 0 Å². The van der Waals surface area contributed by atoms with Crippen LogP contribution in [0.3, 0.4) is 0 Å². The number of allylic oxidation sites excluding steroid dienone is 1. The van der Waals surface area contributed by atoms with Crippen molar-refractivity contribution in [3.63, 3.8) is 0 Å². The van der Waals surface area contributed by atoms with Crippen LogP contribution in [0.4, 0.5) is 8.78 Å². The van der Waals surface area contributed by atoms with Crippen molar-refractivity contribution < 1.29 is 8.78 Å². The zero-order valence-electron chi connectivity index (χ0n) is 8.02. The third kappa shape index (κ3) is 3.85. The topological polar surface area (TPSA) is 12.0 Å². The molecule has 0 heterocycles. The number of hydrogen-bond acceptors (Lipinski definition) is 1. The summed E-state index contributed by atoms with van der Waals surface area (Å²) in [6.07, 6.45) is 4.47. The van der Waals surface area contributed by atoms with E-state index in [4.69, 9.17) is 0 Å². The Labute approximate surface area is 78.2 Å². The Morgan fingerprint density at radius 1 is 1.54 bits per heavy atom. The van der Waals surface area contributed by atoms with Crippen molar-refractivity contribution in [3.8, 4) is 0 Å². The van der Waals surface area contributed by atoms with Crippen LogP contribution in [0.25, 0.3) is 0 Å². The molecule has 1 aliphatic carbocycles. The zero-order valence-corrected chi connectivity index (χ0v) is 8.02. The number of nitrogens with one attached hydrogen (secondary N) is 1. The van der Waals surface area contributed by atoms with Gasteiger partial charge in [0.1, 0.15) is 0 Å². The van der Waals surface area contributed by atoms with E-state index in [2.05, 4.69) is 11.4 Å². The highest BCUT2D eigenvalue weighted by Crippen LogP contribution is 2.19. The van der Waals surface area contributed by atoms with Crippen LogP contribution in [0.1, 0.15) is 32.6 Å². The first-order valence-electron chi connectivity index (χ1n) is 4.89. The molecule has 1 rings (SSSR count). The van der Waals surface area contributed by atoms with Crippen LogP contribution in [0.5, 0.6) is 0 Å². The molecule has 0 spiro atoms. The Balaban J connectivity index is 2.06. The smallest absolute Gasteiger partial charge is 0.253 e. The first-order valence-corrected chi connectivity index (χ1v) is 4.89. The van der Waals surface area contributed by atoms with Gasteiger partial charge in [-0.3, -0.25) is 0 Å². The standard InChI is InChI=1S/C10H17F2N/c1-8(10(11)12)13-7-6-9-4-2-3-5-9/h4,8,10,13H,2-3,5-7H2,1H3. The maximum absolute atomic E-state index is 12.1. The molecule has 76 valence electrons. The quantitative estimate of drug-likeness (QED) is 0.656. The molecule has 0 amide bonds. The molecule has 0 saturated heterocycles. The fraction of sp³-hybridized carbons (Fsp3) is 0.800. The molecular weight excluding hydrogens is 172 g/mol. The summed E-state index contributed by atoms with van der Waals surface area (Å²) in [5, 5.41) is 2.82. The van der Waals surface area contributed by atoms with E-state index in [1.54, 1.807) is 0 Å². The van der Waals surface area contributed by atoms with E-state index in [1.165, 1.54) is 25.3 Å². The van der Waals surface area contributed by atoms with Crippen molar-refractivity contribution in [3.05, 3.63) is 11.6 Å². The van der Waals surface area contributed by atoms with Gasteiger partial charge in [0.05, 0.1) is 6.04 Å². The Bertz CT molecular complexity index is 178. The summed E-state index contributed by atoms with van der Waals surface area (Å²) in [4.78, 5) is 0. The Morgan fingerprint density at radius 2 is 2.31 bits per heavy atom. The highest BCUT2D eigenvalue weighted by Gasteiger charge is 2.13. The summed E-state index contributed by atoms with van der Waals surface area (Å²) in [7, 11) is 0. The van der Waals surface area contributed by atoms with Crippen molar-refractivity contribution >= 4 is 0 Å². The summed E-state index contributed by atoms with van der Waals surface area (Å²) >= 11 is 0. The van der Waals surface area contributed by atoms with E-state index in [9.17, 15) is 8.78 Å². The fourth-order valence-electron chi connectivity index (χ4n) is 1.51. The highest BCUT2D eigenvalue weighted by atomic mass is 19.3. The van der Waals surface area contributed by atoms with Gasteiger partial charge in [0.25, 0.3) is 6.43 Å².